The summed E-state index contributed by atoms with van der Waals surface area (Å²) in [4.78, 5) is 0. The fourth-order valence-corrected chi connectivity index (χ4v) is 0.543. The Balaban J connectivity index is 3.79. The molecule has 0 aliphatic rings. The van der Waals surface area contributed by atoms with Gasteiger partial charge in [-0.05, 0) is 0 Å². The number of hydrogen-bond donors (Lipinski definition) is 0. The van der Waals surface area contributed by atoms with Crippen LogP contribution in [-0.4, -0.2) is 14.2 Å². The Labute approximate surface area is 54.8 Å². The Bertz CT molecular complexity index is 216. The van der Waals surface area contributed by atoms with E-state index in [2.05, 4.69) is 11.8 Å². The molecule has 1 radical (unpaired) electrons. The van der Waals surface area contributed by atoms with Gasteiger partial charge in [-0.2, -0.15) is 8.42 Å². The second-order valence-electron chi connectivity index (χ2n) is 1.41. The standard InChI is InChI=1S/C5H7O3S/c1-2-3-4-5-9(6,7)8/h2,5H2,1H3. The first-order chi connectivity index (χ1) is 4.06. The van der Waals surface area contributed by atoms with Gasteiger partial charge in [-0.3, -0.25) is 0 Å². The molecular formula is C5H7O3S. The molecule has 3 nitrogen and oxygen atoms in total. The summed E-state index contributed by atoms with van der Waals surface area (Å²) >= 11 is 0. The predicted octanol–water partition coefficient (Wildman–Crippen LogP) is 0.160. The van der Waals surface area contributed by atoms with E-state index in [-0.39, 0.29) is 0 Å². The Kier molecular flexibility index (Phi) is 3.28. The van der Waals surface area contributed by atoms with Crippen LogP contribution in [0.2, 0.25) is 0 Å². The van der Waals surface area contributed by atoms with Crippen LogP contribution in [0.1, 0.15) is 13.3 Å². The third kappa shape index (κ3) is 7.47. The molecule has 0 amide bonds. The van der Waals surface area contributed by atoms with Crippen molar-refractivity contribution in [2.24, 2.45) is 0 Å². The summed E-state index contributed by atoms with van der Waals surface area (Å²) in [6.07, 6.45) is 0.579. The van der Waals surface area contributed by atoms with Gasteiger partial charge in [0.1, 0.15) is 5.75 Å². The molecule has 0 N–H and O–H groups in total. The highest BCUT2D eigenvalue weighted by Crippen LogP contribution is 1.79. The fraction of sp³-hybridized carbons (Fsp3) is 0.600. The highest BCUT2D eigenvalue weighted by atomic mass is 32.2. The molecule has 0 aromatic carbocycles. The maximum absolute atomic E-state index is 9.85. The van der Waals surface area contributed by atoms with Crippen molar-refractivity contribution in [3.05, 3.63) is 0 Å². The Morgan fingerprint density at radius 2 is 1.89 bits per heavy atom. The van der Waals surface area contributed by atoms with Gasteiger partial charge >= 0.3 is 10.1 Å². The van der Waals surface area contributed by atoms with Crippen LogP contribution in [0.15, 0.2) is 0 Å². The van der Waals surface area contributed by atoms with Gasteiger partial charge in [0.2, 0.25) is 0 Å². The second kappa shape index (κ2) is 3.49. The minimum absolute atomic E-state index is 0.569. The SMILES string of the molecule is CCC#CCS([O])(=O)=O. The molecule has 51 valence electrons. The third-order valence-electron chi connectivity index (χ3n) is 0.551. The first-order valence-corrected chi connectivity index (χ1v) is 4.03. The zero-order valence-electron chi connectivity index (χ0n) is 5.05. The highest BCUT2D eigenvalue weighted by molar-refractivity contribution is 7.85. The molecule has 0 aliphatic carbocycles. The summed E-state index contributed by atoms with van der Waals surface area (Å²) < 4.78 is 29.5. The Morgan fingerprint density at radius 3 is 2.22 bits per heavy atom. The minimum atomic E-state index is -4.12. The van der Waals surface area contributed by atoms with Gasteiger partial charge in [0.25, 0.3) is 0 Å². The van der Waals surface area contributed by atoms with Crippen molar-refractivity contribution in [2.45, 2.75) is 13.3 Å². The molecule has 0 saturated carbocycles. The average Bonchev–Trinajstić information content (AvgIpc) is 1.63. The molecule has 0 rings (SSSR count). The van der Waals surface area contributed by atoms with Gasteiger partial charge < -0.3 is 0 Å². The van der Waals surface area contributed by atoms with Crippen molar-refractivity contribution in [1.29, 1.82) is 0 Å². The van der Waals surface area contributed by atoms with Crippen LogP contribution in [0.4, 0.5) is 0 Å². The van der Waals surface area contributed by atoms with E-state index in [1.165, 1.54) is 0 Å². The monoisotopic (exact) mass is 147 g/mol. The van der Waals surface area contributed by atoms with Gasteiger partial charge in [-0.1, -0.05) is 17.4 Å². The first kappa shape index (κ1) is 8.47. The summed E-state index contributed by atoms with van der Waals surface area (Å²) in [5.74, 6) is 4.13. The molecule has 0 heterocycles. The lowest BCUT2D eigenvalue weighted by atomic mass is 10.5. The van der Waals surface area contributed by atoms with E-state index >= 15 is 0 Å². The van der Waals surface area contributed by atoms with Crippen LogP contribution in [0.25, 0.3) is 0 Å². The number of hydrogen-bond acceptors (Lipinski definition) is 2. The van der Waals surface area contributed by atoms with Crippen molar-refractivity contribution < 1.29 is 13.0 Å². The maximum atomic E-state index is 9.85. The molecule has 0 aromatic rings. The van der Waals surface area contributed by atoms with Gasteiger partial charge in [-0.25, -0.2) is 0 Å². The molecule has 0 aliphatic heterocycles. The van der Waals surface area contributed by atoms with E-state index in [1.54, 1.807) is 6.92 Å². The first-order valence-electron chi connectivity index (χ1n) is 2.45. The van der Waals surface area contributed by atoms with Crippen LogP contribution in [0.3, 0.4) is 0 Å². The van der Waals surface area contributed by atoms with E-state index in [0.717, 1.165) is 0 Å². The number of rotatable bonds is 1. The molecule has 0 saturated heterocycles. The topological polar surface area (TPSA) is 54.0 Å². The molecule has 4 heteroatoms. The molecular weight excluding hydrogens is 140 g/mol. The fourth-order valence-electron chi connectivity index (χ4n) is 0.264. The van der Waals surface area contributed by atoms with Crippen molar-refractivity contribution in [2.75, 3.05) is 5.75 Å². The van der Waals surface area contributed by atoms with Gasteiger partial charge in [-0.15, -0.1) is 5.92 Å². The summed E-state index contributed by atoms with van der Waals surface area (Å²) in [5, 5.41) is 0. The highest BCUT2D eigenvalue weighted by Gasteiger charge is 2.00. The van der Waals surface area contributed by atoms with Crippen LogP contribution in [0.5, 0.6) is 0 Å². The zero-order valence-corrected chi connectivity index (χ0v) is 5.86. The molecule has 0 spiro atoms. The van der Waals surface area contributed by atoms with Gasteiger partial charge in [0.05, 0.1) is 0 Å². The van der Waals surface area contributed by atoms with Crippen molar-refractivity contribution >= 4 is 10.1 Å². The van der Waals surface area contributed by atoms with E-state index < -0.39 is 15.9 Å². The van der Waals surface area contributed by atoms with E-state index in [0.29, 0.717) is 6.42 Å². The molecule has 0 bridgehead atoms. The average molecular weight is 147 g/mol. The third-order valence-corrected chi connectivity index (χ3v) is 1.05. The normalized spacial score (nSPS) is 10.0. The Morgan fingerprint density at radius 1 is 1.33 bits per heavy atom. The van der Waals surface area contributed by atoms with E-state index in [4.69, 9.17) is 0 Å². The predicted molar refractivity (Wildman–Crippen MR) is 32.5 cm³/mol. The maximum Gasteiger partial charge on any atom is 0.305 e. The minimum Gasteiger partial charge on any atom is -0.196 e. The zero-order chi connectivity index (χ0) is 7.33. The van der Waals surface area contributed by atoms with Crippen molar-refractivity contribution in [3.8, 4) is 11.8 Å². The smallest absolute Gasteiger partial charge is 0.196 e. The summed E-state index contributed by atoms with van der Waals surface area (Å²) in [6, 6.07) is 0. The molecule has 0 fully saturated rings. The van der Waals surface area contributed by atoms with Crippen LogP contribution in [-0.2, 0) is 14.7 Å². The van der Waals surface area contributed by atoms with Crippen LogP contribution >= 0.6 is 0 Å². The lowest BCUT2D eigenvalue weighted by Crippen LogP contribution is -1.98. The molecule has 0 atom stereocenters. The molecule has 9 heavy (non-hydrogen) atoms. The summed E-state index contributed by atoms with van der Waals surface area (Å²) in [5.41, 5.74) is 0. The van der Waals surface area contributed by atoms with E-state index in [1.807, 2.05) is 0 Å². The Hall–Kier alpha value is -0.530. The molecule has 0 aromatic heterocycles. The largest absolute Gasteiger partial charge is 0.305 e. The van der Waals surface area contributed by atoms with Gasteiger partial charge in [0.15, 0.2) is 0 Å². The lowest BCUT2D eigenvalue weighted by molar-refractivity contribution is 0.418. The molecule has 0 unspecified atom stereocenters. The van der Waals surface area contributed by atoms with Crippen molar-refractivity contribution in [3.63, 3.8) is 0 Å². The second-order valence-corrected chi connectivity index (χ2v) is 2.81. The van der Waals surface area contributed by atoms with E-state index in [9.17, 15) is 13.0 Å². The van der Waals surface area contributed by atoms with Crippen molar-refractivity contribution in [1.82, 2.24) is 0 Å². The van der Waals surface area contributed by atoms with Crippen LogP contribution in [0, 0.1) is 11.8 Å². The quantitative estimate of drug-likeness (QED) is 0.496. The van der Waals surface area contributed by atoms with Crippen LogP contribution < -0.4 is 0 Å². The summed E-state index contributed by atoms with van der Waals surface area (Å²) in [6.45, 7) is 1.78. The lowest BCUT2D eigenvalue weighted by Gasteiger charge is -1.78. The summed E-state index contributed by atoms with van der Waals surface area (Å²) in [7, 11) is -4.12. The van der Waals surface area contributed by atoms with Gasteiger partial charge in [0, 0.05) is 6.42 Å².